The highest BCUT2D eigenvalue weighted by Gasteiger charge is 2.11. The molecule has 0 atom stereocenters. The quantitative estimate of drug-likeness (QED) is 0.635. The van der Waals surface area contributed by atoms with Crippen LogP contribution in [0.2, 0.25) is 0 Å². The van der Waals surface area contributed by atoms with Crippen molar-refractivity contribution in [2.75, 3.05) is 0 Å². The summed E-state index contributed by atoms with van der Waals surface area (Å²) < 4.78 is 0. The van der Waals surface area contributed by atoms with Crippen LogP contribution in [-0.2, 0) is 12.8 Å². The van der Waals surface area contributed by atoms with Gasteiger partial charge in [-0.1, -0.05) is 78.8 Å². The molecule has 22 heavy (non-hydrogen) atoms. The lowest BCUT2D eigenvalue weighted by Gasteiger charge is -2.16. The number of benzene rings is 2. The maximum Gasteiger partial charge on any atom is -0.00576 e. The predicted octanol–water partition coefficient (Wildman–Crippen LogP) is 6.13. The summed E-state index contributed by atoms with van der Waals surface area (Å²) in [6, 6.07) is 17.7. The Labute approximate surface area is 134 Å². The Morgan fingerprint density at radius 2 is 1.50 bits per heavy atom. The molecule has 0 saturated heterocycles. The van der Waals surface area contributed by atoms with Crippen LogP contribution >= 0.6 is 0 Å². The first-order valence-corrected chi connectivity index (χ1v) is 8.30. The predicted molar refractivity (Wildman–Crippen MR) is 96.0 cm³/mol. The first-order valence-electron chi connectivity index (χ1n) is 8.30. The molecule has 0 unspecified atom stereocenters. The number of allylic oxidation sites excluding steroid dienone is 4. The van der Waals surface area contributed by atoms with Crippen LogP contribution in [0, 0.1) is 0 Å². The molecule has 0 aliphatic heterocycles. The summed E-state index contributed by atoms with van der Waals surface area (Å²) in [5.41, 5.74) is 8.64. The van der Waals surface area contributed by atoms with E-state index in [-0.39, 0.29) is 0 Å². The van der Waals surface area contributed by atoms with Crippen LogP contribution in [0.5, 0.6) is 0 Å². The lowest BCUT2D eigenvalue weighted by atomic mass is 9.89. The number of aryl methyl sites for hydroxylation is 1. The lowest BCUT2D eigenvalue weighted by molar-refractivity contribution is 0.899. The van der Waals surface area contributed by atoms with Crippen LogP contribution in [0.3, 0.4) is 0 Å². The van der Waals surface area contributed by atoms with Crippen molar-refractivity contribution >= 4 is 0 Å². The molecule has 112 valence electrons. The third-order valence-electron chi connectivity index (χ3n) is 4.49. The summed E-state index contributed by atoms with van der Waals surface area (Å²) >= 11 is 0. The van der Waals surface area contributed by atoms with Gasteiger partial charge < -0.3 is 0 Å². The van der Waals surface area contributed by atoms with Gasteiger partial charge in [0.2, 0.25) is 0 Å². The van der Waals surface area contributed by atoms with Crippen molar-refractivity contribution in [1.82, 2.24) is 0 Å². The summed E-state index contributed by atoms with van der Waals surface area (Å²) in [5.74, 6) is 0. The molecule has 1 aliphatic carbocycles. The van der Waals surface area contributed by atoms with Gasteiger partial charge in [0.1, 0.15) is 0 Å². The molecule has 3 rings (SSSR count). The zero-order valence-corrected chi connectivity index (χ0v) is 13.6. The standard InChI is InChI=1S/C22H24/c1-3-19-11-4-6-13-21(19)22-14-7-5-12-20(22)16-18-10-8-9-17(2)15-18/h4-7,9,11-15H,3,8,10,16H2,1-2H3. The minimum Gasteiger partial charge on any atom is -0.0813 e. The van der Waals surface area contributed by atoms with E-state index in [2.05, 4.69) is 74.5 Å². The molecule has 0 heteroatoms. The van der Waals surface area contributed by atoms with Crippen molar-refractivity contribution < 1.29 is 0 Å². The molecule has 2 aromatic rings. The Hall–Kier alpha value is -2.08. The minimum absolute atomic E-state index is 1.07. The normalized spacial score (nSPS) is 14.5. The van der Waals surface area contributed by atoms with Crippen molar-refractivity contribution in [3.63, 3.8) is 0 Å². The fourth-order valence-corrected chi connectivity index (χ4v) is 3.35. The average molecular weight is 288 g/mol. The van der Waals surface area contributed by atoms with Crippen LogP contribution < -0.4 is 0 Å². The highest BCUT2D eigenvalue weighted by atomic mass is 14.2. The van der Waals surface area contributed by atoms with Crippen molar-refractivity contribution in [3.05, 3.63) is 83.0 Å². The van der Waals surface area contributed by atoms with Gasteiger partial charge in [0.25, 0.3) is 0 Å². The summed E-state index contributed by atoms with van der Waals surface area (Å²) in [7, 11) is 0. The van der Waals surface area contributed by atoms with E-state index < -0.39 is 0 Å². The van der Waals surface area contributed by atoms with Gasteiger partial charge in [-0.2, -0.15) is 0 Å². The molecule has 0 nitrogen and oxygen atoms in total. The van der Waals surface area contributed by atoms with E-state index in [4.69, 9.17) is 0 Å². The molecular formula is C22H24. The monoisotopic (exact) mass is 288 g/mol. The Bertz CT molecular complexity index is 716. The number of hydrogen-bond donors (Lipinski definition) is 0. The van der Waals surface area contributed by atoms with Crippen molar-refractivity contribution in [1.29, 1.82) is 0 Å². The van der Waals surface area contributed by atoms with Gasteiger partial charge in [0.05, 0.1) is 0 Å². The zero-order valence-electron chi connectivity index (χ0n) is 13.6. The van der Waals surface area contributed by atoms with Crippen LogP contribution in [-0.4, -0.2) is 0 Å². The van der Waals surface area contributed by atoms with Gasteiger partial charge >= 0.3 is 0 Å². The van der Waals surface area contributed by atoms with Crippen molar-refractivity contribution in [3.8, 4) is 11.1 Å². The molecule has 0 amide bonds. The van der Waals surface area contributed by atoms with Gasteiger partial charge in [0.15, 0.2) is 0 Å². The Balaban J connectivity index is 1.98. The first kappa shape index (κ1) is 14.8. The fourth-order valence-electron chi connectivity index (χ4n) is 3.35. The molecule has 0 aromatic heterocycles. The van der Waals surface area contributed by atoms with Crippen molar-refractivity contribution in [2.24, 2.45) is 0 Å². The second kappa shape index (κ2) is 6.79. The second-order valence-corrected chi connectivity index (χ2v) is 6.13. The van der Waals surface area contributed by atoms with E-state index in [0.717, 1.165) is 12.8 Å². The second-order valence-electron chi connectivity index (χ2n) is 6.13. The molecule has 0 radical (unpaired) electrons. The summed E-state index contributed by atoms with van der Waals surface area (Å²) in [6.07, 6.45) is 9.23. The first-order chi connectivity index (χ1) is 10.8. The van der Waals surface area contributed by atoms with Crippen molar-refractivity contribution in [2.45, 2.75) is 39.5 Å². The SMILES string of the molecule is CCc1ccccc1-c1ccccc1CC1=CC(C)=CCC1. The van der Waals surface area contributed by atoms with E-state index in [9.17, 15) is 0 Å². The smallest absolute Gasteiger partial charge is 0.00576 e. The Kier molecular flexibility index (Phi) is 4.58. The molecule has 0 spiro atoms. The Morgan fingerprint density at radius 1 is 0.864 bits per heavy atom. The number of rotatable bonds is 4. The fraction of sp³-hybridized carbons (Fsp3) is 0.273. The van der Waals surface area contributed by atoms with E-state index in [1.807, 2.05) is 0 Å². The van der Waals surface area contributed by atoms with Crippen LogP contribution in [0.15, 0.2) is 71.8 Å². The average Bonchev–Trinajstić information content (AvgIpc) is 2.55. The van der Waals surface area contributed by atoms with Gasteiger partial charge in [-0.15, -0.1) is 0 Å². The third-order valence-corrected chi connectivity index (χ3v) is 4.49. The van der Waals surface area contributed by atoms with E-state index in [1.165, 1.54) is 40.7 Å². The van der Waals surface area contributed by atoms with E-state index in [1.54, 1.807) is 5.57 Å². The third kappa shape index (κ3) is 3.22. The summed E-state index contributed by atoms with van der Waals surface area (Å²) in [5, 5.41) is 0. The van der Waals surface area contributed by atoms with Gasteiger partial charge in [-0.05, 0) is 54.9 Å². The molecule has 1 aliphatic rings. The minimum atomic E-state index is 1.07. The van der Waals surface area contributed by atoms with Crippen LogP contribution in [0.4, 0.5) is 0 Å². The largest absolute Gasteiger partial charge is 0.0813 e. The molecule has 0 heterocycles. The maximum atomic E-state index is 2.37. The van der Waals surface area contributed by atoms with Gasteiger partial charge in [-0.25, -0.2) is 0 Å². The molecule has 2 aromatic carbocycles. The van der Waals surface area contributed by atoms with Crippen LogP contribution in [0.1, 0.15) is 37.8 Å². The highest BCUT2D eigenvalue weighted by molar-refractivity contribution is 5.71. The van der Waals surface area contributed by atoms with E-state index >= 15 is 0 Å². The Morgan fingerprint density at radius 3 is 2.18 bits per heavy atom. The number of hydrogen-bond acceptors (Lipinski definition) is 0. The topological polar surface area (TPSA) is 0 Å². The van der Waals surface area contributed by atoms with Gasteiger partial charge in [0, 0.05) is 0 Å². The zero-order chi connectivity index (χ0) is 15.4. The molecule has 0 N–H and O–H groups in total. The molecule has 0 fully saturated rings. The van der Waals surface area contributed by atoms with E-state index in [0.29, 0.717) is 0 Å². The molecule has 0 bridgehead atoms. The highest BCUT2D eigenvalue weighted by Crippen LogP contribution is 2.30. The molecular weight excluding hydrogens is 264 g/mol. The van der Waals surface area contributed by atoms with Gasteiger partial charge in [-0.3, -0.25) is 0 Å². The molecule has 0 saturated carbocycles. The summed E-state index contributed by atoms with van der Waals surface area (Å²) in [4.78, 5) is 0. The summed E-state index contributed by atoms with van der Waals surface area (Å²) in [6.45, 7) is 4.44. The lowest BCUT2D eigenvalue weighted by Crippen LogP contribution is -1.98. The maximum absolute atomic E-state index is 2.37. The van der Waals surface area contributed by atoms with Crippen LogP contribution in [0.25, 0.3) is 11.1 Å².